The van der Waals surface area contributed by atoms with Gasteiger partial charge in [-0.2, -0.15) is 0 Å². The lowest BCUT2D eigenvalue weighted by Crippen LogP contribution is -2.22. The topological polar surface area (TPSA) is 66.9 Å². The van der Waals surface area contributed by atoms with Crippen LogP contribution in [0.1, 0.15) is 15.9 Å². The molecule has 0 atom stereocenters. The fraction of sp³-hybridized carbons (Fsp3) is 0.0800. The zero-order valence-corrected chi connectivity index (χ0v) is 17.9. The van der Waals surface area contributed by atoms with Gasteiger partial charge in [0.1, 0.15) is 0 Å². The summed E-state index contributed by atoms with van der Waals surface area (Å²) in [6, 6.07) is 29.2. The first-order chi connectivity index (χ1) is 15.2. The molecule has 0 saturated heterocycles. The average molecular weight is 427 g/mol. The summed E-state index contributed by atoms with van der Waals surface area (Å²) in [5.41, 5.74) is 4.25. The van der Waals surface area contributed by atoms with Crippen LogP contribution >= 0.6 is 11.8 Å². The van der Waals surface area contributed by atoms with Crippen LogP contribution in [-0.2, 0) is 6.54 Å². The van der Waals surface area contributed by atoms with Crippen LogP contribution in [-0.4, -0.2) is 22.4 Å². The second-order valence-electron chi connectivity index (χ2n) is 6.91. The number of hydrogen-bond donors (Lipinski definition) is 2. The van der Waals surface area contributed by atoms with E-state index < -0.39 is 0 Å². The van der Waals surface area contributed by atoms with Gasteiger partial charge >= 0.3 is 0 Å². The van der Waals surface area contributed by atoms with Gasteiger partial charge in [0, 0.05) is 28.3 Å². The Morgan fingerprint density at radius 1 is 0.871 bits per heavy atom. The van der Waals surface area contributed by atoms with Crippen molar-refractivity contribution in [3.05, 3.63) is 102 Å². The molecule has 0 aliphatic heterocycles. The summed E-state index contributed by atoms with van der Waals surface area (Å²) in [5, 5.41) is 14.7. The Morgan fingerprint density at radius 2 is 1.68 bits per heavy atom. The maximum Gasteiger partial charge on any atom is 0.251 e. The van der Waals surface area contributed by atoms with Crippen molar-refractivity contribution in [3.63, 3.8) is 0 Å². The number of hydrogen-bond acceptors (Lipinski definition) is 5. The molecule has 0 saturated carbocycles. The molecule has 0 aliphatic rings. The van der Waals surface area contributed by atoms with E-state index in [1.54, 1.807) is 23.9 Å². The molecule has 0 radical (unpaired) electrons. The Bertz CT molecular complexity index is 1150. The Hall–Kier alpha value is -3.64. The van der Waals surface area contributed by atoms with Gasteiger partial charge in [-0.05, 0) is 54.3 Å². The highest BCUT2D eigenvalue weighted by Gasteiger charge is 2.07. The largest absolute Gasteiger partial charge is 0.348 e. The molecule has 3 aromatic carbocycles. The minimum absolute atomic E-state index is 0.122. The molecule has 4 aromatic rings. The Balaban J connectivity index is 1.38. The van der Waals surface area contributed by atoms with Gasteiger partial charge in [-0.3, -0.25) is 4.79 Å². The van der Waals surface area contributed by atoms with Crippen molar-refractivity contribution in [1.82, 2.24) is 15.5 Å². The Labute approximate surface area is 185 Å². The number of thioether (sulfide) groups is 1. The number of aromatic nitrogens is 2. The molecule has 0 aliphatic carbocycles. The Morgan fingerprint density at radius 3 is 2.39 bits per heavy atom. The molecule has 4 rings (SSSR count). The van der Waals surface area contributed by atoms with Crippen molar-refractivity contribution in [3.8, 4) is 11.3 Å². The quantitative estimate of drug-likeness (QED) is 0.380. The minimum Gasteiger partial charge on any atom is -0.348 e. The van der Waals surface area contributed by atoms with E-state index in [9.17, 15) is 4.79 Å². The van der Waals surface area contributed by atoms with Crippen molar-refractivity contribution in [2.24, 2.45) is 0 Å². The van der Waals surface area contributed by atoms with Gasteiger partial charge in [-0.1, -0.05) is 48.5 Å². The Kier molecular flexibility index (Phi) is 6.59. The zero-order chi connectivity index (χ0) is 21.5. The number of carbonyl (C=O) groups excluding carboxylic acids is 1. The van der Waals surface area contributed by atoms with Crippen molar-refractivity contribution >= 4 is 29.2 Å². The van der Waals surface area contributed by atoms with E-state index in [-0.39, 0.29) is 5.91 Å². The van der Waals surface area contributed by atoms with Crippen LogP contribution < -0.4 is 10.6 Å². The lowest BCUT2D eigenvalue weighted by molar-refractivity contribution is 0.0951. The van der Waals surface area contributed by atoms with Crippen LogP contribution in [0.4, 0.5) is 11.5 Å². The number of anilines is 2. The van der Waals surface area contributed by atoms with Crippen molar-refractivity contribution < 1.29 is 4.79 Å². The first-order valence-corrected chi connectivity index (χ1v) is 11.1. The molecule has 2 N–H and O–H groups in total. The lowest BCUT2D eigenvalue weighted by Gasteiger charge is -2.09. The van der Waals surface area contributed by atoms with Crippen molar-refractivity contribution in [2.75, 3.05) is 11.6 Å². The van der Waals surface area contributed by atoms with E-state index in [2.05, 4.69) is 33.0 Å². The number of nitrogens with zero attached hydrogens (tertiary/aromatic N) is 2. The minimum atomic E-state index is -0.122. The summed E-state index contributed by atoms with van der Waals surface area (Å²) in [7, 11) is 0. The maximum absolute atomic E-state index is 12.6. The van der Waals surface area contributed by atoms with Crippen molar-refractivity contribution in [2.45, 2.75) is 11.4 Å². The third kappa shape index (κ3) is 5.49. The maximum atomic E-state index is 12.6. The first kappa shape index (κ1) is 20.6. The van der Waals surface area contributed by atoms with Crippen LogP contribution in [0.3, 0.4) is 0 Å². The molecule has 6 heteroatoms. The van der Waals surface area contributed by atoms with Crippen LogP contribution in [0.15, 0.2) is 95.9 Å². The highest BCUT2D eigenvalue weighted by molar-refractivity contribution is 7.98. The second-order valence-corrected chi connectivity index (χ2v) is 7.79. The third-order valence-electron chi connectivity index (χ3n) is 4.74. The number of nitrogens with one attached hydrogen (secondary N) is 2. The van der Waals surface area contributed by atoms with Crippen LogP contribution in [0, 0.1) is 0 Å². The third-order valence-corrected chi connectivity index (χ3v) is 5.49. The van der Waals surface area contributed by atoms with Crippen LogP contribution in [0.5, 0.6) is 0 Å². The van der Waals surface area contributed by atoms with E-state index in [0.717, 1.165) is 22.5 Å². The fourth-order valence-corrected chi connectivity index (χ4v) is 3.48. The average Bonchev–Trinajstić information content (AvgIpc) is 2.84. The molecule has 154 valence electrons. The number of benzene rings is 3. The summed E-state index contributed by atoms with van der Waals surface area (Å²) in [4.78, 5) is 13.8. The molecule has 0 fully saturated rings. The molecular formula is C25H22N4OS. The SMILES string of the molecule is CSc1ccc(CNC(=O)c2cccc(Nc3ccc(-c4ccccc4)nn3)c2)cc1. The van der Waals surface area contributed by atoms with Crippen molar-refractivity contribution in [1.29, 1.82) is 0 Å². The number of carbonyl (C=O) groups is 1. The summed E-state index contributed by atoms with van der Waals surface area (Å²) in [6.45, 7) is 0.484. The number of rotatable bonds is 7. The molecule has 1 aromatic heterocycles. The molecule has 0 bridgehead atoms. The van der Waals surface area contributed by atoms with Gasteiger partial charge in [0.05, 0.1) is 5.69 Å². The summed E-state index contributed by atoms with van der Waals surface area (Å²) in [5.74, 6) is 0.495. The van der Waals surface area contributed by atoms with E-state index in [4.69, 9.17) is 0 Å². The molecule has 1 heterocycles. The smallest absolute Gasteiger partial charge is 0.251 e. The molecule has 0 unspecified atom stereocenters. The van der Waals surface area contributed by atoms with Crippen LogP contribution in [0.25, 0.3) is 11.3 Å². The molecule has 1 amide bonds. The highest BCUT2D eigenvalue weighted by Crippen LogP contribution is 2.20. The van der Waals surface area contributed by atoms with Gasteiger partial charge < -0.3 is 10.6 Å². The normalized spacial score (nSPS) is 10.5. The molecular weight excluding hydrogens is 404 g/mol. The first-order valence-electron chi connectivity index (χ1n) is 9.88. The predicted octanol–water partition coefficient (Wildman–Crippen LogP) is 5.54. The summed E-state index contributed by atoms with van der Waals surface area (Å²) in [6.07, 6.45) is 2.04. The monoisotopic (exact) mass is 426 g/mol. The molecule has 5 nitrogen and oxygen atoms in total. The van der Waals surface area contributed by atoms with E-state index >= 15 is 0 Å². The van der Waals surface area contributed by atoms with Gasteiger partial charge in [-0.25, -0.2) is 0 Å². The van der Waals surface area contributed by atoms with Gasteiger partial charge in [0.25, 0.3) is 5.91 Å². The van der Waals surface area contributed by atoms with Gasteiger partial charge in [0.15, 0.2) is 5.82 Å². The summed E-state index contributed by atoms with van der Waals surface area (Å²) >= 11 is 1.70. The highest BCUT2D eigenvalue weighted by atomic mass is 32.2. The summed E-state index contributed by atoms with van der Waals surface area (Å²) < 4.78 is 0. The number of amides is 1. The fourth-order valence-electron chi connectivity index (χ4n) is 3.08. The second kappa shape index (κ2) is 9.91. The zero-order valence-electron chi connectivity index (χ0n) is 17.1. The van der Waals surface area contributed by atoms with E-state index in [1.165, 1.54) is 4.90 Å². The molecule has 0 spiro atoms. The standard InChI is InChI=1S/C25H22N4OS/c1-31-22-12-10-18(11-13-22)17-26-25(30)20-8-5-9-21(16-20)27-24-15-14-23(28-29-24)19-6-3-2-4-7-19/h2-16H,17H2,1H3,(H,26,30)(H,27,29). The molecule has 31 heavy (non-hydrogen) atoms. The lowest BCUT2D eigenvalue weighted by atomic mass is 10.1. The predicted molar refractivity (Wildman–Crippen MR) is 127 cm³/mol. The van der Waals surface area contributed by atoms with Gasteiger partial charge in [0.2, 0.25) is 0 Å². The van der Waals surface area contributed by atoms with Gasteiger partial charge in [-0.15, -0.1) is 22.0 Å². The van der Waals surface area contributed by atoms with E-state index in [0.29, 0.717) is 17.9 Å². The van der Waals surface area contributed by atoms with E-state index in [1.807, 2.05) is 73.0 Å². The van der Waals surface area contributed by atoms with Crippen LogP contribution in [0.2, 0.25) is 0 Å².